The van der Waals surface area contributed by atoms with Gasteiger partial charge >= 0.3 is 0 Å². The summed E-state index contributed by atoms with van der Waals surface area (Å²) in [6.45, 7) is 1.91. The second kappa shape index (κ2) is 7.70. The van der Waals surface area contributed by atoms with Gasteiger partial charge in [-0.05, 0) is 31.2 Å². The molecule has 6 nitrogen and oxygen atoms in total. The molecule has 0 aliphatic carbocycles. The molecule has 0 unspecified atom stereocenters. The minimum Gasteiger partial charge on any atom is -0.480 e. The van der Waals surface area contributed by atoms with Crippen LogP contribution in [0, 0.1) is 0 Å². The Bertz CT molecular complexity index is 868. The average Bonchev–Trinajstić information content (AvgIpc) is 2.66. The molecule has 0 bridgehead atoms. The third-order valence-electron chi connectivity index (χ3n) is 3.90. The molecule has 0 saturated carbocycles. The number of ether oxygens (including phenoxy) is 1. The molecular weight excluding hydrogens is 316 g/mol. The van der Waals surface area contributed by atoms with Gasteiger partial charge in [0.05, 0.1) is 29.9 Å². The van der Waals surface area contributed by atoms with E-state index >= 15 is 0 Å². The zero-order chi connectivity index (χ0) is 17.6. The number of aryl methyl sites for hydroxylation is 1. The number of benzene rings is 1. The van der Waals surface area contributed by atoms with E-state index in [1.54, 1.807) is 13.3 Å². The van der Waals surface area contributed by atoms with Gasteiger partial charge < -0.3 is 10.1 Å². The summed E-state index contributed by atoms with van der Waals surface area (Å²) in [6.07, 6.45) is 2.48. The van der Waals surface area contributed by atoms with Crippen LogP contribution in [0.25, 0.3) is 11.0 Å². The lowest BCUT2D eigenvalue weighted by molar-refractivity contribution is -0.121. The highest BCUT2D eigenvalue weighted by Crippen LogP contribution is 2.20. The number of aromatic nitrogens is 3. The number of nitrogens with zero attached hydrogens (tertiary/aromatic N) is 3. The smallest absolute Gasteiger partial charge is 0.235 e. The quantitative estimate of drug-likeness (QED) is 0.749. The highest BCUT2D eigenvalue weighted by atomic mass is 16.5. The summed E-state index contributed by atoms with van der Waals surface area (Å²) in [6, 6.07) is 13.1. The molecule has 0 spiro atoms. The summed E-state index contributed by atoms with van der Waals surface area (Å²) >= 11 is 0. The summed E-state index contributed by atoms with van der Waals surface area (Å²) in [5, 5.41) is 2.95. The van der Waals surface area contributed by atoms with Gasteiger partial charge in [-0.2, -0.15) is 0 Å². The monoisotopic (exact) mass is 336 g/mol. The minimum absolute atomic E-state index is 0.0600. The average molecular weight is 336 g/mol. The maximum atomic E-state index is 12.2. The summed E-state index contributed by atoms with van der Waals surface area (Å²) in [5.74, 6) is 0.402. The molecule has 1 aromatic carbocycles. The molecule has 0 radical (unpaired) electrons. The van der Waals surface area contributed by atoms with Crippen LogP contribution in [0.1, 0.15) is 30.8 Å². The van der Waals surface area contributed by atoms with Crippen molar-refractivity contribution in [3.05, 3.63) is 60.0 Å². The fourth-order valence-electron chi connectivity index (χ4n) is 2.60. The topological polar surface area (TPSA) is 77.0 Å². The lowest BCUT2D eigenvalue weighted by Gasteiger charge is -2.13. The predicted octanol–water partition coefficient (Wildman–Crippen LogP) is 2.84. The normalized spacial score (nSPS) is 11.9. The van der Waals surface area contributed by atoms with Crippen LogP contribution in [0.3, 0.4) is 0 Å². The van der Waals surface area contributed by atoms with Gasteiger partial charge in [0.2, 0.25) is 11.8 Å². The molecule has 6 heteroatoms. The van der Waals surface area contributed by atoms with Crippen LogP contribution in [0.2, 0.25) is 0 Å². The Balaban J connectivity index is 1.66. The number of pyridine rings is 1. The van der Waals surface area contributed by atoms with Crippen molar-refractivity contribution in [2.45, 2.75) is 25.8 Å². The predicted molar refractivity (Wildman–Crippen MR) is 95.2 cm³/mol. The van der Waals surface area contributed by atoms with E-state index in [0.717, 1.165) is 16.7 Å². The molecule has 1 atom stereocenters. The molecule has 2 heterocycles. The number of methoxy groups -OCH3 is 1. The van der Waals surface area contributed by atoms with Gasteiger partial charge in [0.15, 0.2) is 0 Å². The number of carbonyl (C=O) groups is 1. The van der Waals surface area contributed by atoms with Crippen LogP contribution in [0.4, 0.5) is 0 Å². The molecule has 25 heavy (non-hydrogen) atoms. The first-order chi connectivity index (χ1) is 12.2. The Hall–Kier alpha value is -3.02. The summed E-state index contributed by atoms with van der Waals surface area (Å²) in [7, 11) is 1.56. The van der Waals surface area contributed by atoms with E-state index in [-0.39, 0.29) is 11.9 Å². The van der Waals surface area contributed by atoms with E-state index in [4.69, 9.17) is 4.74 Å². The first-order valence-corrected chi connectivity index (χ1v) is 8.17. The molecule has 0 fully saturated rings. The van der Waals surface area contributed by atoms with Gasteiger partial charge in [-0.3, -0.25) is 9.78 Å². The van der Waals surface area contributed by atoms with E-state index in [1.165, 1.54) is 0 Å². The minimum atomic E-state index is -0.140. The number of hydrogen-bond acceptors (Lipinski definition) is 5. The summed E-state index contributed by atoms with van der Waals surface area (Å²) in [5.41, 5.74) is 3.08. The van der Waals surface area contributed by atoms with Gasteiger partial charge in [0.1, 0.15) is 5.69 Å². The van der Waals surface area contributed by atoms with Crippen molar-refractivity contribution in [3.63, 3.8) is 0 Å². The van der Waals surface area contributed by atoms with Crippen LogP contribution in [-0.4, -0.2) is 28.0 Å². The Kier molecular flexibility index (Phi) is 5.18. The Morgan fingerprint density at radius 1 is 1.12 bits per heavy atom. The first kappa shape index (κ1) is 16.8. The molecule has 128 valence electrons. The highest BCUT2D eigenvalue weighted by molar-refractivity contribution is 5.77. The molecule has 3 rings (SSSR count). The number of hydrogen-bond donors (Lipinski definition) is 1. The summed E-state index contributed by atoms with van der Waals surface area (Å²) < 4.78 is 5.32. The molecule has 0 aliphatic rings. The standard InChI is InChI=1S/C19H20N4O2/c1-13(14-7-5-6-12-20-14)21-18(24)11-10-17-19(25-2)23-16-9-4-3-8-15(16)22-17/h3-9,12-13H,10-11H2,1-2H3,(H,21,24)/t13-/m1/s1. The van der Waals surface area contributed by atoms with Crippen LogP contribution in [0.15, 0.2) is 48.7 Å². The lowest BCUT2D eigenvalue weighted by Crippen LogP contribution is -2.27. The second-order valence-corrected chi connectivity index (χ2v) is 5.71. The van der Waals surface area contributed by atoms with Crippen LogP contribution < -0.4 is 10.1 Å². The highest BCUT2D eigenvalue weighted by Gasteiger charge is 2.14. The summed E-state index contributed by atoms with van der Waals surface area (Å²) in [4.78, 5) is 25.5. The van der Waals surface area contributed by atoms with Gasteiger partial charge in [0.25, 0.3) is 0 Å². The molecule has 0 aliphatic heterocycles. The fourth-order valence-corrected chi connectivity index (χ4v) is 2.60. The van der Waals surface area contributed by atoms with Crippen LogP contribution >= 0.6 is 0 Å². The Morgan fingerprint density at radius 2 is 1.84 bits per heavy atom. The van der Waals surface area contributed by atoms with Gasteiger partial charge in [-0.1, -0.05) is 18.2 Å². The second-order valence-electron chi connectivity index (χ2n) is 5.71. The third-order valence-corrected chi connectivity index (χ3v) is 3.90. The number of nitrogens with one attached hydrogen (secondary N) is 1. The van der Waals surface area contributed by atoms with E-state index < -0.39 is 0 Å². The molecule has 1 amide bonds. The van der Waals surface area contributed by atoms with Crippen molar-refractivity contribution in [2.75, 3.05) is 7.11 Å². The van der Waals surface area contributed by atoms with E-state index in [9.17, 15) is 4.79 Å². The van der Waals surface area contributed by atoms with Crippen molar-refractivity contribution in [2.24, 2.45) is 0 Å². The number of rotatable bonds is 6. The molecular formula is C19H20N4O2. The number of para-hydroxylation sites is 2. The number of amides is 1. The van der Waals surface area contributed by atoms with E-state index in [0.29, 0.717) is 24.4 Å². The molecule has 2 aromatic heterocycles. The first-order valence-electron chi connectivity index (χ1n) is 8.17. The van der Waals surface area contributed by atoms with E-state index in [2.05, 4.69) is 20.3 Å². The molecule has 1 N–H and O–H groups in total. The maximum absolute atomic E-state index is 12.2. The van der Waals surface area contributed by atoms with E-state index in [1.807, 2.05) is 49.4 Å². The number of carbonyl (C=O) groups excluding carboxylic acids is 1. The van der Waals surface area contributed by atoms with Gasteiger partial charge in [-0.25, -0.2) is 9.97 Å². The van der Waals surface area contributed by atoms with Crippen LogP contribution in [-0.2, 0) is 11.2 Å². The van der Waals surface area contributed by atoms with Crippen molar-refractivity contribution >= 4 is 16.9 Å². The van der Waals surface area contributed by atoms with Crippen molar-refractivity contribution in [1.82, 2.24) is 20.3 Å². The van der Waals surface area contributed by atoms with Crippen molar-refractivity contribution in [3.8, 4) is 5.88 Å². The molecule has 0 saturated heterocycles. The zero-order valence-electron chi connectivity index (χ0n) is 14.3. The Labute approximate surface area is 146 Å². The largest absolute Gasteiger partial charge is 0.480 e. The molecule has 3 aromatic rings. The third kappa shape index (κ3) is 4.09. The number of fused-ring (bicyclic) bond motifs is 1. The van der Waals surface area contributed by atoms with Gasteiger partial charge in [-0.15, -0.1) is 0 Å². The lowest BCUT2D eigenvalue weighted by atomic mass is 10.1. The van der Waals surface area contributed by atoms with Crippen LogP contribution in [0.5, 0.6) is 5.88 Å². The SMILES string of the molecule is COc1nc2ccccc2nc1CCC(=O)N[C@H](C)c1ccccn1. The maximum Gasteiger partial charge on any atom is 0.235 e. The zero-order valence-corrected chi connectivity index (χ0v) is 14.3. The van der Waals surface area contributed by atoms with Crippen molar-refractivity contribution < 1.29 is 9.53 Å². The fraction of sp³-hybridized carbons (Fsp3) is 0.263. The Morgan fingerprint density at radius 3 is 2.52 bits per heavy atom. The van der Waals surface area contributed by atoms with Crippen molar-refractivity contribution in [1.29, 1.82) is 0 Å². The van der Waals surface area contributed by atoms with Gasteiger partial charge in [0, 0.05) is 19.0 Å².